The van der Waals surface area contributed by atoms with Gasteiger partial charge in [0.1, 0.15) is 17.1 Å². The Morgan fingerprint density at radius 3 is 2.52 bits per heavy atom. The molecule has 1 N–H and O–H groups in total. The van der Waals surface area contributed by atoms with Crippen LogP contribution in [0.15, 0.2) is 45.6 Å². The highest BCUT2D eigenvalue weighted by Gasteiger charge is 2.20. The molecule has 0 saturated carbocycles. The van der Waals surface area contributed by atoms with E-state index in [-0.39, 0.29) is 12.8 Å². The molecule has 0 spiro atoms. The third-order valence-electron chi connectivity index (χ3n) is 5.36. The van der Waals surface area contributed by atoms with Crippen molar-refractivity contribution in [3.63, 3.8) is 0 Å². The van der Waals surface area contributed by atoms with E-state index < -0.39 is 23.6 Å². The number of anilines is 1. The van der Waals surface area contributed by atoms with Gasteiger partial charge in [0.15, 0.2) is 6.10 Å². The summed E-state index contributed by atoms with van der Waals surface area (Å²) in [4.78, 5) is 37.3. The van der Waals surface area contributed by atoms with Gasteiger partial charge in [-0.1, -0.05) is 6.07 Å². The van der Waals surface area contributed by atoms with Gasteiger partial charge in [0, 0.05) is 23.4 Å². The molecule has 0 radical (unpaired) electrons. The summed E-state index contributed by atoms with van der Waals surface area (Å²) in [6.45, 7) is 5.18. The average Bonchev–Trinajstić information content (AvgIpc) is 2.78. The van der Waals surface area contributed by atoms with Crippen molar-refractivity contribution in [1.29, 1.82) is 0 Å². The highest BCUT2D eigenvalue weighted by molar-refractivity contribution is 5.96. The van der Waals surface area contributed by atoms with Gasteiger partial charge >= 0.3 is 11.6 Å². The van der Waals surface area contributed by atoms with Gasteiger partial charge in [0.2, 0.25) is 0 Å². The lowest BCUT2D eigenvalue weighted by Gasteiger charge is -2.16. The van der Waals surface area contributed by atoms with Crippen LogP contribution >= 0.6 is 0 Å². The Morgan fingerprint density at radius 2 is 1.82 bits per heavy atom. The number of esters is 1. The largest absolute Gasteiger partial charge is 0.497 e. The highest BCUT2D eigenvalue weighted by atomic mass is 16.5. The number of methoxy groups -OCH3 is 2. The minimum Gasteiger partial charge on any atom is -0.497 e. The van der Waals surface area contributed by atoms with Gasteiger partial charge in [-0.25, -0.2) is 4.79 Å². The molecule has 0 fully saturated rings. The third-order valence-corrected chi connectivity index (χ3v) is 5.36. The molecular formula is C25H27NO7. The average molecular weight is 453 g/mol. The van der Waals surface area contributed by atoms with Crippen molar-refractivity contribution in [2.75, 3.05) is 19.5 Å². The van der Waals surface area contributed by atoms with Gasteiger partial charge in [-0.15, -0.1) is 0 Å². The van der Waals surface area contributed by atoms with Crippen LogP contribution in [-0.4, -0.2) is 32.2 Å². The molecular weight excluding hydrogens is 426 g/mol. The molecule has 1 heterocycles. The number of nitrogens with one attached hydrogen (secondary N) is 1. The van der Waals surface area contributed by atoms with Crippen LogP contribution in [0.25, 0.3) is 11.0 Å². The number of hydrogen-bond acceptors (Lipinski definition) is 7. The summed E-state index contributed by atoms with van der Waals surface area (Å²) in [5.41, 5.74) is 2.46. The zero-order valence-corrected chi connectivity index (χ0v) is 19.3. The molecule has 8 heteroatoms. The summed E-state index contributed by atoms with van der Waals surface area (Å²) in [6.07, 6.45) is -0.961. The minimum absolute atomic E-state index is 0.0708. The number of ether oxygens (including phenoxy) is 3. The summed E-state index contributed by atoms with van der Waals surface area (Å²) in [5, 5.41) is 3.48. The fourth-order valence-electron chi connectivity index (χ4n) is 3.48. The molecule has 3 rings (SSSR count). The molecule has 1 aromatic heterocycles. The van der Waals surface area contributed by atoms with Crippen molar-refractivity contribution in [2.24, 2.45) is 0 Å². The summed E-state index contributed by atoms with van der Waals surface area (Å²) in [7, 11) is 3.04. The molecule has 1 unspecified atom stereocenters. The molecule has 3 aromatic rings. The predicted octanol–water partition coefficient (Wildman–Crippen LogP) is 3.93. The van der Waals surface area contributed by atoms with Crippen LogP contribution in [0.3, 0.4) is 0 Å². The lowest BCUT2D eigenvalue weighted by atomic mass is 10.0. The molecule has 0 aliphatic carbocycles. The van der Waals surface area contributed by atoms with Crippen LogP contribution in [0.1, 0.15) is 30.0 Å². The second-order valence-corrected chi connectivity index (χ2v) is 7.68. The zero-order chi connectivity index (χ0) is 24.1. The number of amides is 1. The predicted molar refractivity (Wildman–Crippen MR) is 124 cm³/mol. The van der Waals surface area contributed by atoms with Crippen molar-refractivity contribution in [3.8, 4) is 11.5 Å². The molecule has 174 valence electrons. The Morgan fingerprint density at radius 1 is 1.06 bits per heavy atom. The molecule has 2 aromatic carbocycles. The maximum atomic E-state index is 12.5. The Hall–Kier alpha value is -3.81. The first-order valence-corrected chi connectivity index (χ1v) is 10.5. The summed E-state index contributed by atoms with van der Waals surface area (Å²) in [6, 6.07) is 10.6. The van der Waals surface area contributed by atoms with E-state index in [0.29, 0.717) is 28.3 Å². The Kier molecular flexibility index (Phi) is 7.37. The topological polar surface area (TPSA) is 104 Å². The second-order valence-electron chi connectivity index (χ2n) is 7.68. The van der Waals surface area contributed by atoms with E-state index in [1.807, 2.05) is 13.0 Å². The molecule has 0 bridgehead atoms. The summed E-state index contributed by atoms with van der Waals surface area (Å²) in [5.74, 6) is 0.00519. The number of fused-ring (bicyclic) bond motifs is 1. The third kappa shape index (κ3) is 5.52. The van der Waals surface area contributed by atoms with Crippen LogP contribution in [0.4, 0.5) is 5.69 Å². The fourth-order valence-corrected chi connectivity index (χ4v) is 3.48. The van der Waals surface area contributed by atoms with Crippen LogP contribution in [0.2, 0.25) is 0 Å². The maximum Gasteiger partial charge on any atom is 0.339 e. The van der Waals surface area contributed by atoms with Gasteiger partial charge in [-0.05, 0) is 62.6 Å². The van der Waals surface area contributed by atoms with Crippen LogP contribution in [0, 0.1) is 13.8 Å². The quantitative estimate of drug-likeness (QED) is 0.407. The number of benzene rings is 2. The second kappa shape index (κ2) is 10.2. The molecule has 0 saturated heterocycles. The standard InChI is InChI=1S/C25H27NO7/c1-14-6-10-21(31-5)20(12-14)26-24(28)16(3)32-23(27)11-9-19-15(2)18-8-7-17(30-4)13-22(18)33-25(19)29/h6-8,10,12-13,16H,9,11H2,1-5H3,(H,26,28). The summed E-state index contributed by atoms with van der Waals surface area (Å²) < 4.78 is 21.1. The van der Waals surface area contributed by atoms with E-state index in [1.54, 1.807) is 37.3 Å². The first-order chi connectivity index (χ1) is 15.7. The fraction of sp³-hybridized carbons (Fsp3) is 0.320. The van der Waals surface area contributed by atoms with E-state index in [0.717, 1.165) is 16.5 Å². The van der Waals surface area contributed by atoms with Gasteiger partial charge in [0.25, 0.3) is 5.91 Å². The highest BCUT2D eigenvalue weighted by Crippen LogP contribution is 2.26. The van der Waals surface area contributed by atoms with Crippen LogP contribution in [0.5, 0.6) is 11.5 Å². The van der Waals surface area contributed by atoms with E-state index >= 15 is 0 Å². The van der Waals surface area contributed by atoms with E-state index in [2.05, 4.69) is 5.32 Å². The molecule has 0 aliphatic rings. The number of aryl methyl sites for hydroxylation is 2. The van der Waals surface area contributed by atoms with E-state index in [9.17, 15) is 14.4 Å². The minimum atomic E-state index is -1.02. The number of carbonyl (C=O) groups is 2. The first-order valence-electron chi connectivity index (χ1n) is 10.5. The smallest absolute Gasteiger partial charge is 0.339 e. The number of hydrogen-bond donors (Lipinski definition) is 1. The van der Waals surface area contributed by atoms with Crippen molar-refractivity contribution in [1.82, 2.24) is 0 Å². The normalized spacial score (nSPS) is 11.7. The van der Waals surface area contributed by atoms with Gasteiger partial charge in [0.05, 0.1) is 19.9 Å². The SMILES string of the molecule is COc1ccc2c(C)c(CCC(=O)OC(C)C(=O)Nc3cc(C)ccc3OC)c(=O)oc2c1. The van der Waals surface area contributed by atoms with Crippen LogP contribution < -0.4 is 20.4 Å². The van der Waals surface area contributed by atoms with Crippen molar-refractivity contribution >= 4 is 28.5 Å². The number of rotatable bonds is 8. The Balaban J connectivity index is 1.64. The van der Waals surface area contributed by atoms with Gasteiger partial charge in [-0.3, -0.25) is 9.59 Å². The van der Waals surface area contributed by atoms with E-state index in [1.165, 1.54) is 21.1 Å². The number of carbonyl (C=O) groups excluding carboxylic acids is 2. The molecule has 1 amide bonds. The maximum absolute atomic E-state index is 12.5. The van der Waals surface area contributed by atoms with Crippen molar-refractivity contribution in [3.05, 3.63) is 63.5 Å². The van der Waals surface area contributed by atoms with Gasteiger partial charge < -0.3 is 23.9 Å². The molecule has 33 heavy (non-hydrogen) atoms. The van der Waals surface area contributed by atoms with Crippen molar-refractivity contribution in [2.45, 2.75) is 39.7 Å². The van der Waals surface area contributed by atoms with E-state index in [4.69, 9.17) is 18.6 Å². The van der Waals surface area contributed by atoms with Crippen molar-refractivity contribution < 1.29 is 28.2 Å². The molecule has 8 nitrogen and oxygen atoms in total. The Bertz CT molecular complexity index is 1250. The van der Waals surface area contributed by atoms with Crippen LogP contribution in [-0.2, 0) is 20.7 Å². The molecule has 0 aliphatic heterocycles. The lowest BCUT2D eigenvalue weighted by molar-refractivity contribution is -0.153. The first kappa shape index (κ1) is 23.8. The lowest BCUT2D eigenvalue weighted by Crippen LogP contribution is -2.30. The summed E-state index contributed by atoms with van der Waals surface area (Å²) >= 11 is 0. The van der Waals surface area contributed by atoms with Gasteiger partial charge in [-0.2, -0.15) is 0 Å². The Labute approximate surface area is 191 Å². The molecule has 1 atom stereocenters. The monoisotopic (exact) mass is 453 g/mol. The zero-order valence-electron chi connectivity index (χ0n) is 19.3.